The topological polar surface area (TPSA) is 63.3 Å². The molecule has 0 bridgehead atoms. The van der Waals surface area contributed by atoms with Gasteiger partial charge in [-0.05, 0) is 13.0 Å². The molecule has 0 unspecified atom stereocenters. The molecule has 0 radical (unpaired) electrons. The maximum Gasteiger partial charge on any atom is 0.304 e. The van der Waals surface area contributed by atoms with Crippen LogP contribution in [0.3, 0.4) is 0 Å². The Morgan fingerprint density at radius 1 is 1.47 bits per heavy atom. The van der Waals surface area contributed by atoms with E-state index in [1.165, 1.54) is 0 Å². The number of rotatable bonds is 3. The molecule has 2 rings (SSSR count). The van der Waals surface area contributed by atoms with Crippen molar-refractivity contribution in [1.82, 2.24) is 5.16 Å². The molecule has 1 N–H and O–H groups in total. The molecular weight excluding hydrogens is 218 g/mol. The maximum atomic E-state index is 10.9. The van der Waals surface area contributed by atoms with Crippen molar-refractivity contribution in [2.75, 3.05) is 0 Å². The zero-order valence-electron chi connectivity index (χ0n) is 10.2. The van der Waals surface area contributed by atoms with Gasteiger partial charge in [0.25, 0.3) is 0 Å². The van der Waals surface area contributed by atoms with Crippen molar-refractivity contribution in [3.05, 3.63) is 29.5 Å². The van der Waals surface area contributed by atoms with Gasteiger partial charge in [-0.15, -0.1) is 0 Å². The monoisotopic (exact) mass is 233 g/mol. The number of carboxylic acid groups (broad SMARTS) is 1. The van der Waals surface area contributed by atoms with Crippen LogP contribution in [0.15, 0.2) is 22.7 Å². The molecular formula is C13H15NO3. The van der Waals surface area contributed by atoms with Crippen molar-refractivity contribution in [1.29, 1.82) is 0 Å². The number of carbonyl (C=O) groups is 1. The van der Waals surface area contributed by atoms with Crippen LogP contribution >= 0.6 is 0 Å². The normalized spacial score (nSPS) is 11.9. The van der Waals surface area contributed by atoms with Crippen LogP contribution in [0.2, 0.25) is 0 Å². The standard InChI is InChI=1S/C13H15NO3/c1-8-9-5-4-6-10(12(9)17-14-8)13(2,3)7-11(15)16/h4-6H,7H2,1-3H3,(H,15,16). The fourth-order valence-corrected chi connectivity index (χ4v) is 2.09. The van der Waals surface area contributed by atoms with Gasteiger partial charge in [-0.1, -0.05) is 31.1 Å². The lowest BCUT2D eigenvalue weighted by molar-refractivity contribution is -0.138. The number of hydrogen-bond donors (Lipinski definition) is 1. The van der Waals surface area contributed by atoms with Crippen LogP contribution in [0.25, 0.3) is 11.0 Å². The largest absolute Gasteiger partial charge is 0.481 e. The lowest BCUT2D eigenvalue weighted by Crippen LogP contribution is -2.21. The SMILES string of the molecule is Cc1noc2c(C(C)(C)CC(=O)O)cccc12. The summed E-state index contributed by atoms with van der Waals surface area (Å²) in [5.74, 6) is -0.816. The van der Waals surface area contributed by atoms with Crippen molar-refractivity contribution in [3.63, 3.8) is 0 Å². The van der Waals surface area contributed by atoms with E-state index in [4.69, 9.17) is 9.63 Å². The van der Waals surface area contributed by atoms with Gasteiger partial charge in [0.15, 0.2) is 5.58 Å². The second-order valence-electron chi connectivity index (χ2n) is 4.90. The molecule has 0 aliphatic rings. The Labute approximate surface area is 99.2 Å². The zero-order valence-corrected chi connectivity index (χ0v) is 10.2. The molecule has 4 heteroatoms. The maximum absolute atomic E-state index is 10.9. The molecule has 4 nitrogen and oxygen atoms in total. The summed E-state index contributed by atoms with van der Waals surface area (Å²) in [5, 5.41) is 13.8. The highest BCUT2D eigenvalue weighted by molar-refractivity contribution is 5.84. The molecule has 0 spiro atoms. The summed E-state index contributed by atoms with van der Waals surface area (Å²) in [6, 6.07) is 5.74. The van der Waals surface area contributed by atoms with Crippen LogP contribution in [0.1, 0.15) is 31.5 Å². The van der Waals surface area contributed by atoms with Gasteiger partial charge in [-0.3, -0.25) is 4.79 Å². The fourth-order valence-electron chi connectivity index (χ4n) is 2.09. The average molecular weight is 233 g/mol. The molecule has 0 aliphatic carbocycles. The molecule has 0 saturated carbocycles. The molecule has 1 heterocycles. The first-order valence-corrected chi connectivity index (χ1v) is 5.49. The molecule has 1 aromatic heterocycles. The second kappa shape index (κ2) is 3.87. The summed E-state index contributed by atoms with van der Waals surface area (Å²) >= 11 is 0. The van der Waals surface area contributed by atoms with E-state index in [9.17, 15) is 4.79 Å². The Bertz CT molecular complexity index is 569. The number of hydrogen-bond acceptors (Lipinski definition) is 3. The Morgan fingerprint density at radius 3 is 2.82 bits per heavy atom. The molecule has 1 aromatic carbocycles. The smallest absolute Gasteiger partial charge is 0.304 e. The van der Waals surface area contributed by atoms with E-state index in [1.54, 1.807) is 0 Å². The number of carboxylic acids is 1. The number of para-hydroxylation sites is 1. The van der Waals surface area contributed by atoms with E-state index in [0.717, 1.165) is 16.6 Å². The van der Waals surface area contributed by atoms with Crippen molar-refractivity contribution < 1.29 is 14.4 Å². The van der Waals surface area contributed by atoms with E-state index >= 15 is 0 Å². The first-order chi connectivity index (χ1) is 7.92. The minimum Gasteiger partial charge on any atom is -0.481 e. The number of aromatic nitrogens is 1. The van der Waals surface area contributed by atoms with E-state index in [-0.39, 0.29) is 6.42 Å². The van der Waals surface area contributed by atoms with Crippen LogP contribution in [-0.2, 0) is 10.2 Å². The van der Waals surface area contributed by atoms with E-state index < -0.39 is 11.4 Å². The summed E-state index contributed by atoms with van der Waals surface area (Å²) in [6.45, 7) is 5.67. The Morgan fingerprint density at radius 2 is 2.18 bits per heavy atom. The molecule has 0 saturated heterocycles. The number of aryl methyl sites for hydroxylation is 1. The van der Waals surface area contributed by atoms with Crippen molar-refractivity contribution in [2.45, 2.75) is 32.6 Å². The van der Waals surface area contributed by atoms with Gasteiger partial charge in [0, 0.05) is 16.4 Å². The minimum atomic E-state index is -0.816. The van der Waals surface area contributed by atoms with Crippen LogP contribution in [0.5, 0.6) is 0 Å². The third-order valence-corrected chi connectivity index (χ3v) is 3.00. The van der Waals surface area contributed by atoms with Crippen LogP contribution in [0, 0.1) is 6.92 Å². The molecule has 0 fully saturated rings. The van der Waals surface area contributed by atoms with Crippen LogP contribution in [0.4, 0.5) is 0 Å². The van der Waals surface area contributed by atoms with Crippen molar-refractivity contribution in [2.24, 2.45) is 0 Å². The number of benzene rings is 1. The number of aliphatic carboxylic acids is 1. The van der Waals surface area contributed by atoms with Gasteiger partial charge in [0.2, 0.25) is 0 Å². The zero-order chi connectivity index (χ0) is 12.6. The van der Waals surface area contributed by atoms with E-state index in [0.29, 0.717) is 5.58 Å². The average Bonchev–Trinajstić information content (AvgIpc) is 2.58. The Hall–Kier alpha value is -1.84. The first kappa shape index (κ1) is 11.6. The van der Waals surface area contributed by atoms with Gasteiger partial charge >= 0.3 is 5.97 Å². The van der Waals surface area contributed by atoms with Crippen molar-refractivity contribution >= 4 is 16.9 Å². The summed E-state index contributed by atoms with van der Waals surface area (Å²) in [7, 11) is 0. The third kappa shape index (κ3) is 2.02. The molecule has 2 aromatic rings. The quantitative estimate of drug-likeness (QED) is 0.885. The fraction of sp³-hybridized carbons (Fsp3) is 0.385. The Balaban J connectivity index is 2.58. The number of fused-ring (bicyclic) bond motifs is 1. The van der Waals surface area contributed by atoms with Gasteiger partial charge in [-0.2, -0.15) is 0 Å². The summed E-state index contributed by atoms with van der Waals surface area (Å²) in [4.78, 5) is 10.9. The van der Waals surface area contributed by atoms with Gasteiger partial charge in [-0.25, -0.2) is 0 Å². The van der Waals surface area contributed by atoms with E-state index in [1.807, 2.05) is 39.0 Å². The second-order valence-corrected chi connectivity index (χ2v) is 4.90. The molecule has 0 atom stereocenters. The first-order valence-electron chi connectivity index (χ1n) is 5.49. The summed E-state index contributed by atoms with van der Waals surface area (Å²) in [5.41, 5.74) is 1.93. The predicted octanol–water partition coefficient (Wildman–Crippen LogP) is 2.89. The molecule has 0 amide bonds. The third-order valence-electron chi connectivity index (χ3n) is 3.00. The van der Waals surface area contributed by atoms with E-state index in [2.05, 4.69) is 5.16 Å². The predicted molar refractivity (Wildman–Crippen MR) is 64.0 cm³/mol. The highest BCUT2D eigenvalue weighted by atomic mass is 16.5. The molecule has 17 heavy (non-hydrogen) atoms. The lowest BCUT2D eigenvalue weighted by Gasteiger charge is -2.22. The molecule has 90 valence electrons. The summed E-state index contributed by atoms with van der Waals surface area (Å²) < 4.78 is 5.30. The minimum absolute atomic E-state index is 0.0614. The molecule has 0 aliphatic heterocycles. The highest BCUT2D eigenvalue weighted by Gasteiger charge is 2.28. The van der Waals surface area contributed by atoms with Gasteiger partial charge in [0.1, 0.15) is 0 Å². The van der Waals surface area contributed by atoms with Gasteiger partial charge in [0.05, 0.1) is 12.1 Å². The highest BCUT2D eigenvalue weighted by Crippen LogP contribution is 2.33. The van der Waals surface area contributed by atoms with Crippen molar-refractivity contribution in [3.8, 4) is 0 Å². The number of nitrogens with zero attached hydrogens (tertiary/aromatic N) is 1. The van der Waals surface area contributed by atoms with Crippen LogP contribution < -0.4 is 0 Å². The summed E-state index contributed by atoms with van der Waals surface area (Å²) in [6.07, 6.45) is 0.0614. The lowest BCUT2D eigenvalue weighted by atomic mass is 9.81. The Kier molecular flexibility index (Phi) is 2.65. The van der Waals surface area contributed by atoms with Crippen LogP contribution in [-0.4, -0.2) is 16.2 Å². The van der Waals surface area contributed by atoms with Gasteiger partial charge < -0.3 is 9.63 Å².